The van der Waals surface area contributed by atoms with Gasteiger partial charge in [0.15, 0.2) is 0 Å². The molecule has 9 nitrogen and oxygen atoms in total. The van der Waals surface area contributed by atoms with Crippen LogP contribution in [-0.2, 0) is 25.2 Å². The first-order chi connectivity index (χ1) is 14.7. The van der Waals surface area contributed by atoms with Crippen LogP contribution in [0.3, 0.4) is 0 Å². The largest absolute Gasteiger partial charge is 0.462 e. The monoisotopic (exact) mass is 460 g/mol. The minimum absolute atomic E-state index is 0.115. The average Bonchev–Trinajstić information content (AvgIpc) is 3.05. The first-order valence-electron chi connectivity index (χ1n) is 9.52. The number of rotatable bonds is 5. The lowest BCUT2D eigenvalue weighted by molar-refractivity contribution is -0.160. The molecule has 2 rings (SSSR count). The molecular formula is C20H23F3N2O7. The highest BCUT2D eigenvalue weighted by atomic mass is 19.4. The number of hydrogen-bond donors (Lipinski definition) is 0. The van der Waals surface area contributed by atoms with Gasteiger partial charge in [0.05, 0.1) is 11.5 Å². The molecule has 176 valence electrons. The van der Waals surface area contributed by atoms with Gasteiger partial charge in [-0.15, -0.1) is 6.42 Å². The molecule has 0 aliphatic carbocycles. The third-order valence-corrected chi connectivity index (χ3v) is 4.60. The van der Waals surface area contributed by atoms with E-state index >= 15 is 0 Å². The lowest BCUT2D eigenvalue weighted by atomic mass is 9.97. The Kier molecular flexibility index (Phi) is 7.36. The summed E-state index contributed by atoms with van der Waals surface area (Å²) in [6, 6.07) is 0. The summed E-state index contributed by atoms with van der Waals surface area (Å²) in [6.07, 6.45) is -2.91. The molecule has 0 unspecified atom stereocenters. The predicted octanol–water partition coefficient (Wildman–Crippen LogP) is 1.58. The van der Waals surface area contributed by atoms with Gasteiger partial charge in [-0.2, -0.15) is 17.7 Å². The summed E-state index contributed by atoms with van der Waals surface area (Å²) in [4.78, 5) is 48.4. The Hall–Kier alpha value is -2.91. The quantitative estimate of drug-likeness (QED) is 0.485. The van der Waals surface area contributed by atoms with Crippen LogP contribution in [0.5, 0.6) is 0 Å². The van der Waals surface area contributed by atoms with Crippen LogP contribution in [0.25, 0.3) is 0 Å². The van der Waals surface area contributed by atoms with Crippen LogP contribution in [0.1, 0.15) is 50.7 Å². The summed E-state index contributed by atoms with van der Waals surface area (Å²) in [6.45, 7) is 5.20. The van der Waals surface area contributed by atoms with Crippen molar-refractivity contribution in [2.45, 2.75) is 58.7 Å². The van der Waals surface area contributed by atoms with Gasteiger partial charge in [0, 0.05) is 19.5 Å². The van der Waals surface area contributed by atoms with Crippen molar-refractivity contribution in [3.63, 3.8) is 0 Å². The van der Waals surface area contributed by atoms with Crippen LogP contribution >= 0.6 is 0 Å². The van der Waals surface area contributed by atoms with Crippen LogP contribution in [0.15, 0.2) is 15.8 Å². The van der Waals surface area contributed by atoms with Crippen molar-refractivity contribution in [1.29, 1.82) is 0 Å². The van der Waals surface area contributed by atoms with Crippen LogP contribution < -0.4 is 11.2 Å². The molecule has 1 aliphatic heterocycles. The molecular weight excluding hydrogens is 437 g/mol. The zero-order valence-electron chi connectivity index (χ0n) is 17.9. The van der Waals surface area contributed by atoms with E-state index in [4.69, 9.17) is 20.6 Å². The summed E-state index contributed by atoms with van der Waals surface area (Å²) in [5.41, 5.74) is -5.61. The van der Waals surface area contributed by atoms with E-state index in [1.807, 2.05) is 0 Å². The van der Waals surface area contributed by atoms with E-state index in [-0.39, 0.29) is 24.2 Å². The number of halogens is 3. The van der Waals surface area contributed by atoms with Gasteiger partial charge in [0.1, 0.15) is 31.1 Å². The third kappa shape index (κ3) is 5.46. The Morgan fingerprint density at radius 3 is 2.41 bits per heavy atom. The van der Waals surface area contributed by atoms with Gasteiger partial charge >= 0.3 is 17.8 Å². The van der Waals surface area contributed by atoms with Crippen molar-refractivity contribution in [1.82, 2.24) is 9.13 Å². The number of alkyl halides is 3. The standard InChI is InChI=1S/C20H23F3N2O7/c1-6-7-30-13-8-15(32-14(13)10-31-17(28)19(3,4)5)24-9-12(20(21,22)23)16(27)25(11(2)26)18(24)29/h1,9,13-15H,7-8,10H2,2-5H3/t13-,14+,15+/m0/s1. The number of hydrogen-bond acceptors (Lipinski definition) is 7. The van der Waals surface area contributed by atoms with Gasteiger partial charge in [-0.25, -0.2) is 4.79 Å². The summed E-state index contributed by atoms with van der Waals surface area (Å²) in [7, 11) is 0. The third-order valence-electron chi connectivity index (χ3n) is 4.60. The Balaban J connectivity index is 2.44. The maximum absolute atomic E-state index is 13.3. The Labute approximate surface area is 181 Å². The number of terminal acetylenes is 1. The van der Waals surface area contributed by atoms with Crippen molar-refractivity contribution in [2.24, 2.45) is 5.41 Å². The molecule has 1 aromatic rings. The fraction of sp³-hybridized carbons (Fsp3) is 0.600. The number of nitrogens with zero attached hydrogens (tertiary/aromatic N) is 2. The maximum atomic E-state index is 13.3. The molecule has 1 fully saturated rings. The van der Waals surface area contributed by atoms with Gasteiger partial charge in [0.25, 0.3) is 5.56 Å². The highest BCUT2D eigenvalue weighted by Crippen LogP contribution is 2.32. The molecule has 1 aliphatic rings. The topological polar surface area (TPSA) is 106 Å². The van der Waals surface area contributed by atoms with E-state index in [2.05, 4.69) is 5.92 Å². The van der Waals surface area contributed by atoms with Gasteiger partial charge in [-0.1, -0.05) is 5.92 Å². The van der Waals surface area contributed by atoms with E-state index in [1.165, 1.54) is 0 Å². The summed E-state index contributed by atoms with van der Waals surface area (Å²) in [5, 5.41) is 0. The molecule has 12 heteroatoms. The second-order valence-corrected chi connectivity index (χ2v) is 8.16. The maximum Gasteiger partial charge on any atom is 0.423 e. The van der Waals surface area contributed by atoms with E-state index in [0.717, 1.165) is 6.92 Å². The fourth-order valence-corrected chi connectivity index (χ4v) is 2.98. The first kappa shape index (κ1) is 25.4. The number of ether oxygens (including phenoxy) is 3. The molecule has 0 N–H and O–H groups in total. The molecule has 0 amide bonds. The molecule has 2 heterocycles. The zero-order valence-corrected chi connectivity index (χ0v) is 17.9. The smallest absolute Gasteiger partial charge is 0.423 e. The van der Waals surface area contributed by atoms with Crippen molar-refractivity contribution < 1.29 is 37.0 Å². The van der Waals surface area contributed by atoms with Gasteiger partial charge < -0.3 is 14.2 Å². The number of esters is 1. The predicted molar refractivity (Wildman–Crippen MR) is 104 cm³/mol. The average molecular weight is 460 g/mol. The van der Waals surface area contributed by atoms with Gasteiger partial charge in [0.2, 0.25) is 5.91 Å². The van der Waals surface area contributed by atoms with Crippen molar-refractivity contribution >= 4 is 11.9 Å². The van der Waals surface area contributed by atoms with E-state index in [0.29, 0.717) is 10.8 Å². The Morgan fingerprint density at radius 2 is 1.91 bits per heavy atom. The first-order valence-corrected chi connectivity index (χ1v) is 9.52. The summed E-state index contributed by atoms with van der Waals surface area (Å²) >= 11 is 0. The minimum Gasteiger partial charge on any atom is -0.462 e. The molecule has 0 aromatic carbocycles. The highest BCUT2D eigenvalue weighted by Gasteiger charge is 2.42. The van der Waals surface area contributed by atoms with Crippen molar-refractivity contribution in [3.8, 4) is 12.3 Å². The number of carbonyl (C=O) groups is 2. The van der Waals surface area contributed by atoms with Gasteiger partial charge in [-0.3, -0.25) is 19.0 Å². The normalized spacial score (nSPS) is 21.2. The molecule has 0 bridgehead atoms. The molecule has 1 aromatic heterocycles. The lowest BCUT2D eigenvalue weighted by Crippen LogP contribution is -2.46. The van der Waals surface area contributed by atoms with E-state index in [9.17, 15) is 32.3 Å². The lowest BCUT2D eigenvalue weighted by Gasteiger charge is -2.22. The van der Waals surface area contributed by atoms with Gasteiger partial charge in [-0.05, 0) is 20.8 Å². The second kappa shape index (κ2) is 9.30. The van der Waals surface area contributed by atoms with E-state index < -0.39 is 58.7 Å². The molecule has 0 saturated carbocycles. The second-order valence-electron chi connectivity index (χ2n) is 8.16. The molecule has 0 radical (unpaired) electrons. The van der Waals surface area contributed by atoms with Crippen molar-refractivity contribution in [3.05, 3.63) is 32.6 Å². The van der Waals surface area contributed by atoms with Crippen LogP contribution in [-0.4, -0.2) is 46.4 Å². The summed E-state index contributed by atoms with van der Waals surface area (Å²) in [5.74, 6) is 0.498. The minimum atomic E-state index is -5.12. The number of aromatic nitrogens is 2. The zero-order chi connectivity index (χ0) is 24.4. The van der Waals surface area contributed by atoms with E-state index in [1.54, 1.807) is 20.8 Å². The van der Waals surface area contributed by atoms with Crippen LogP contribution in [0.4, 0.5) is 13.2 Å². The SMILES string of the molecule is C#CCO[C@H]1C[C@H](n2cc(C(F)(F)F)c(=O)n(C(C)=O)c2=O)O[C@@H]1COC(=O)C(C)(C)C. The highest BCUT2D eigenvalue weighted by molar-refractivity contribution is 5.76. The molecule has 3 atom stereocenters. The fourth-order valence-electron chi connectivity index (χ4n) is 2.98. The van der Waals surface area contributed by atoms with Crippen LogP contribution in [0.2, 0.25) is 0 Å². The Bertz CT molecular complexity index is 1040. The molecule has 0 spiro atoms. The molecule has 32 heavy (non-hydrogen) atoms. The van der Waals surface area contributed by atoms with Crippen molar-refractivity contribution in [2.75, 3.05) is 13.2 Å². The van der Waals surface area contributed by atoms with Crippen LogP contribution in [0, 0.1) is 17.8 Å². The summed E-state index contributed by atoms with van der Waals surface area (Å²) < 4.78 is 56.7. The molecule has 1 saturated heterocycles. The Morgan fingerprint density at radius 1 is 1.28 bits per heavy atom. The number of carbonyl (C=O) groups excluding carboxylic acids is 2.